The van der Waals surface area contributed by atoms with Crippen LogP contribution in [0.4, 0.5) is 0 Å². The Bertz CT molecular complexity index is 528. The highest BCUT2D eigenvalue weighted by molar-refractivity contribution is 7.89. The number of alkyl halides is 1. The second-order valence-corrected chi connectivity index (χ2v) is 7.07. The molecule has 1 aromatic rings. The molecule has 20 heavy (non-hydrogen) atoms. The van der Waals surface area contributed by atoms with Crippen molar-refractivity contribution < 1.29 is 13.2 Å². The van der Waals surface area contributed by atoms with Crippen molar-refractivity contribution in [1.82, 2.24) is 4.31 Å². The third kappa shape index (κ3) is 3.52. The van der Waals surface area contributed by atoms with Gasteiger partial charge in [-0.15, -0.1) is 11.6 Å². The maximum atomic E-state index is 12.6. The fraction of sp³-hybridized carbons (Fsp3) is 0.571. The van der Waals surface area contributed by atoms with Crippen molar-refractivity contribution in [2.75, 3.05) is 19.7 Å². The quantitative estimate of drug-likeness (QED) is 0.784. The number of halogens is 1. The molecule has 0 aromatic heterocycles. The van der Waals surface area contributed by atoms with Crippen molar-refractivity contribution in [3.05, 3.63) is 29.8 Å². The molecule has 1 aliphatic heterocycles. The number of nitrogens with zero attached hydrogens (tertiary/aromatic N) is 1. The minimum absolute atomic E-state index is 0.00522. The molecule has 1 aromatic carbocycles. The van der Waals surface area contributed by atoms with E-state index in [1.807, 2.05) is 6.92 Å². The van der Waals surface area contributed by atoms with Crippen LogP contribution in [0.3, 0.4) is 0 Å². The second-order valence-electron chi connectivity index (χ2n) is 4.86. The van der Waals surface area contributed by atoms with E-state index < -0.39 is 10.0 Å². The molecule has 0 saturated carbocycles. The van der Waals surface area contributed by atoms with Gasteiger partial charge in [-0.25, -0.2) is 8.42 Å². The number of rotatable bonds is 5. The SMILES string of the molecule is CCOC1CCCN(S(=O)(=O)c2ccc(CCl)cc2)C1. The Morgan fingerprint density at radius 3 is 2.65 bits per heavy atom. The standard InChI is InChI=1S/C14H20ClNO3S/c1-2-19-13-4-3-9-16(11-13)20(17,18)14-7-5-12(10-15)6-8-14/h5-8,13H,2-4,9-11H2,1H3. The predicted molar refractivity (Wildman–Crippen MR) is 79.4 cm³/mol. The zero-order valence-electron chi connectivity index (χ0n) is 11.6. The van der Waals surface area contributed by atoms with Crippen LogP contribution in [0.2, 0.25) is 0 Å². The van der Waals surface area contributed by atoms with Gasteiger partial charge in [-0.2, -0.15) is 4.31 Å². The Morgan fingerprint density at radius 1 is 1.35 bits per heavy atom. The summed E-state index contributed by atoms with van der Waals surface area (Å²) in [4.78, 5) is 0.323. The number of benzene rings is 1. The Morgan fingerprint density at radius 2 is 2.05 bits per heavy atom. The molecule has 1 heterocycles. The third-order valence-corrected chi connectivity index (χ3v) is 5.65. The molecule has 112 valence electrons. The normalized spacial score (nSPS) is 21.0. The highest BCUT2D eigenvalue weighted by Gasteiger charge is 2.30. The van der Waals surface area contributed by atoms with E-state index in [-0.39, 0.29) is 6.10 Å². The maximum Gasteiger partial charge on any atom is 0.243 e. The van der Waals surface area contributed by atoms with E-state index in [0.29, 0.717) is 30.5 Å². The fourth-order valence-corrected chi connectivity index (χ4v) is 4.08. The lowest BCUT2D eigenvalue weighted by molar-refractivity contribution is 0.0265. The molecular formula is C14H20ClNO3S. The molecule has 4 nitrogen and oxygen atoms in total. The number of sulfonamides is 1. The van der Waals surface area contributed by atoms with Crippen LogP contribution in [0.5, 0.6) is 0 Å². The average molecular weight is 318 g/mol. The molecule has 2 rings (SSSR count). The van der Waals surface area contributed by atoms with E-state index in [4.69, 9.17) is 16.3 Å². The van der Waals surface area contributed by atoms with E-state index in [0.717, 1.165) is 18.4 Å². The summed E-state index contributed by atoms with van der Waals surface area (Å²) in [6, 6.07) is 6.75. The zero-order chi connectivity index (χ0) is 14.6. The summed E-state index contributed by atoms with van der Waals surface area (Å²) in [7, 11) is -3.43. The summed E-state index contributed by atoms with van der Waals surface area (Å²) in [5, 5.41) is 0. The molecule has 1 saturated heterocycles. The van der Waals surface area contributed by atoms with Gasteiger partial charge in [0.25, 0.3) is 0 Å². The van der Waals surface area contributed by atoms with Gasteiger partial charge >= 0.3 is 0 Å². The van der Waals surface area contributed by atoms with Crippen LogP contribution in [0.1, 0.15) is 25.3 Å². The minimum Gasteiger partial charge on any atom is -0.377 e. The molecule has 0 radical (unpaired) electrons. The lowest BCUT2D eigenvalue weighted by atomic mass is 10.1. The van der Waals surface area contributed by atoms with Gasteiger partial charge in [0.2, 0.25) is 10.0 Å². The maximum absolute atomic E-state index is 12.6. The van der Waals surface area contributed by atoms with Gasteiger partial charge in [-0.3, -0.25) is 0 Å². The van der Waals surface area contributed by atoms with Crippen LogP contribution in [0.15, 0.2) is 29.2 Å². The number of piperidine rings is 1. The molecule has 0 spiro atoms. The van der Waals surface area contributed by atoms with Crippen LogP contribution in [0.25, 0.3) is 0 Å². The third-order valence-electron chi connectivity index (χ3n) is 3.46. The Hall–Kier alpha value is -0.620. The van der Waals surface area contributed by atoms with E-state index in [9.17, 15) is 8.42 Å². The molecule has 0 aliphatic carbocycles. The Labute approximate surface area is 125 Å². The topological polar surface area (TPSA) is 46.6 Å². The number of hydrogen-bond acceptors (Lipinski definition) is 3. The molecule has 0 amide bonds. The summed E-state index contributed by atoms with van der Waals surface area (Å²) < 4.78 is 32.2. The van der Waals surface area contributed by atoms with Crippen molar-refractivity contribution in [2.45, 2.75) is 36.6 Å². The van der Waals surface area contributed by atoms with Crippen molar-refractivity contribution in [2.24, 2.45) is 0 Å². The average Bonchev–Trinajstić information content (AvgIpc) is 2.48. The smallest absolute Gasteiger partial charge is 0.243 e. The first-order valence-electron chi connectivity index (χ1n) is 6.84. The van der Waals surface area contributed by atoms with Gasteiger partial charge < -0.3 is 4.74 Å². The molecular weight excluding hydrogens is 298 g/mol. The fourth-order valence-electron chi connectivity index (χ4n) is 2.39. The van der Waals surface area contributed by atoms with Crippen LogP contribution in [-0.4, -0.2) is 38.5 Å². The minimum atomic E-state index is -3.43. The summed E-state index contributed by atoms with van der Waals surface area (Å²) in [6.45, 7) is 3.54. The van der Waals surface area contributed by atoms with E-state index in [2.05, 4.69) is 0 Å². The first-order valence-corrected chi connectivity index (χ1v) is 8.82. The van der Waals surface area contributed by atoms with Crippen molar-refractivity contribution in [3.8, 4) is 0 Å². The van der Waals surface area contributed by atoms with Crippen LogP contribution < -0.4 is 0 Å². The van der Waals surface area contributed by atoms with Crippen LogP contribution >= 0.6 is 11.6 Å². The second kappa shape index (κ2) is 6.89. The summed E-state index contributed by atoms with van der Waals surface area (Å²) in [5.74, 6) is 0.385. The van der Waals surface area contributed by atoms with Crippen LogP contribution in [-0.2, 0) is 20.6 Å². The molecule has 1 unspecified atom stereocenters. The van der Waals surface area contributed by atoms with Gasteiger partial charge in [0, 0.05) is 25.6 Å². The lowest BCUT2D eigenvalue weighted by Gasteiger charge is -2.31. The molecule has 0 bridgehead atoms. The van der Waals surface area contributed by atoms with Crippen molar-refractivity contribution in [3.63, 3.8) is 0 Å². The predicted octanol–water partition coefficient (Wildman–Crippen LogP) is 2.62. The molecule has 0 N–H and O–H groups in total. The van der Waals surface area contributed by atoms with E-state index in [1.54, 1.807) is 24.3 Å². The number of ether oxygens (including phenoxy) is 1. The summed E-state index contributed by atoms with van der Waals surface area (Å²) in [5.41, 5.74) is 0.913. The Kier molecular flexibility index (Phi) is 5.43. The van der Waals surface area contributed by atoms with Gasteiger partial charge in [-0.1, -0.05) is 12.1 Å². The zero-order valence-corrected chi connectivity index (χ0v) is 13.2. The summed E-state index contributed by atoms with van der Waals surface area (Å²) in [6.07, 6.45) is 1.76. The van der Waals surface area contributed by atoms with E-state index in [1.165, 1.54) is 4.31 Å². The first-order chi connectivity index (χ1) is 9.57. The molecule has 1 fully saturated rings. The van der Waals surface area contributed by atoms with Gasteiger partial charge in [0.15, 0.2) is 0 Å². The van der Waals surface area contributed by atoms with E-state index >= 15 is 0 Å². The van der Waals surface area contributed by atoms with Crippen molar-refractivity contribution in [1.29, 1.82) is 0 Å². The highest BCUT2D eigenvalue weighted by atomic mass is 35.5. The molecule has 1 atom stereocenters. The lowest BCUT2D eigenvalue weighted by Crippen LogP contribution is -2.43. The van der Waals surface area contributed by atoms with Gasteiger partial charge in [-0.05, 0) is 37.5 Å². The highest BCUT2D eigenvalue weighted by Crippen LogP contribution is 2.22. The summed E-state index contributed by atoms with van der Waals surface area (Å²) >= 11 is 5.72. The largest absolute Gasteiger partial charge is 0.377 e. The Balaban J connectivity index is 2.16. The number of hydrogen-bond donors (Lipinski definition) is 0. The van der Waals surface area contributed by atoms with Gasteiger partial charge in [0.1, 0.15) is 0 Å². The van der Waals surface area contributed by atoms with Crippen molar-refractivity contribution >= 4 is 21.6 Å². The molecule has 1 aliphatic rings. The molecule has 6 heteroatoms. The first kappa shape index (κ1) is 15.8. The monoisotopic (exact) mass is 317 g/mol. The van der Waals surface area contributed by atoms with Crippen LogP contribution in [0, 0.1) is 0 Å². The van der Waals surface area contributed by atoms with Gasteiger partial charge in [0.05, 0.1) is 11.0 Å².